The highest BCUT2D eigenvalue weighted by atomic mass is 32.2. The molecule has 2 heteroatoms. The second kappa shape index (κ2) is 6.96. The van der Waals surface area contributed by atoms with E-state index in [2.05, 4.69) is 51.1 Å². The molecule has 20 heavy (non-hydrogen) atoms. The quantitative estimate of drug-likeness (QED) is 0.827. The molecular formula is C18H22OS. The van der Waals surface area contributed by atoms with Crippen molar-refractivity contribution in [1.29, 1.82) is 0 Å². The fourth-order valence-electron chi connectivity index (χ4n) is 2.42. The average Bonchev–Trinajstić information content (AvgIpc) is 2.36. The van der Waals surface area contributed by atoms with Gasteiger partial charge in [0.05, 0.1) is 6.10 Å². The van der Waals surface area contributed by atoms with Gasteiger partial charge in [0.1, 0.15) is 0 Å². The number of benzene rings is 2. The molecule has 0 aliphatic carbocycles. The van der Waals surface area contributed by atoms with E-state index in [4.69, 9.17) is 0 Å². The summed E-state index contributed by atoms with van der Waals surface area (Å²) in [6.45, 7) is 6.31. The minimum Gasteiger partial charge on any atom is -0.392 e. The van der Waals surface area contributed by atoms with Gasteiger partial charge in [0.25, 0.3) is 0 Å². The van der Waals surface area contributed by atoms with E-state index >= 15 is 0 Å². The molecule has 1 nitrogen and oxygen atoms in total. The topological polar surface area (TPSA) is 20.2 Å². The molecule has 106 valence electrons. The van der Waals surface area contributed by atoms with Gasteiger partial charge in [-0.15, -0.1) is 11.8 Å². The number of aryl methyl sites for hydroxylation is 3. The van der Waals surface area contributed by atoms with Crippen LogP contribution >= 0.6 is 11.8 Å². The zero-order chi connectivity index (χ0) is 14.5. The molecule has 1 unspecified atom stereocenters. The van der Waals surface area contributed by atoms with Gasteiger partial charge < -0.3 is 5.11 Å². The van der Waals surface area contributed by atoms with Crippen molar-refractivity contribution < 1.29 is 5.11 Å². The van der Waals surface area contributed by atoms with Gasteiger partial charge in [0.2, 0.25) is 0 Å². The third-order valence-electron chi connectivity index (χ3n) is 3.28. The minimum absolute atomic E-state index is 0.305. The summed E-state index contributed by atoms with van der Waals surface area (Å²) < 4.78 is 0. The van der Waals surface area contributed by atoms with Gasteiger partial charge in [0.15, 0.2) is 0 Å². The number of aliphatic hydroxyl groups excluding tert-OH is 1. The molecule has 0 radical (unpaired) electrons. The Balaban J connectivity index is 1.92. The molecule has 0 amide bonds. The van der Waals surface area contributed by atoms with Crippen molar-refractivity contribution in [2.75, 3.05) is 5.75 Å². The molecule has 0 aromatic heterocycles. The van der Waals surface area contributed by atoms with Gasteiger partial charge >= 0.3 is 0 Å². The Bertz CT molecular complexity index is 557. The normalized spacial score (nSPS) is 12.4. The standard InChI is InChI=1S/C18H22OS/c1-13-8-14(2)10-16(9-13)11-17(19)12-20-18-7-5-4-6-15(18)3/h4-10,17,19H,11-12H2,1-3H3. The molecule has 0 aliphatic heterocycles. The van der Waals surface area contributed by atoms with Crippen LogP contribution in [0.1, 0.15) is 22.3 Å². The van der Waals surface area contributed by atoms with Gasteiger partial charge in [-0.2, -0.15) is 0 Å². The van der Waals surface area contributed by atoms with Gasteiger partial charge in [-0.05, 0) is 44.4 Å². The number of hydrogen-bond acceptors (Lipinski definition) is 2. The highest BCUT2D eigenvalue weighted by molar-refractivity contribution is 7.99. The molecule has 0 fully saturated rings. The van der Waals surface area contributed by atoms with Crippen molar-refractivity contribution >= 4 is 11.8 Å². The van der Waals surface area contributed by atoms with E-state index in [-0.39, 0.29) is 6.10 Å². The third-order valence-corrected chi connectivity index (χ3v) is 4.60. The first-order chi connectivity index (χ1) is 9.54. The Hall–Kier alpha value is -1.25. The predicted molar refractivity (Wildman–Crippen MR) is 87.5 cm³/mol. The maximum atomic E-state index is 10.2. The summed E-state index contributed by atoms with van der Waals surface area (Å²) >= 11 is 1.73. The molecule has 0 spiro atoms. The fraction of sp³-hybridized carbons (Fsp3) is 0.333. The van der Waals surface area contributed by atoms with E-state index < -0.39 is 0 Å². The summed E-state index contributed by atoms with van der Waals surface area (Å²) in [5.74, 6) is 0.734. The molecule has 0 saturated heterocycles. The zero-order valence-electron chi connectivity index (χ0n) is 12.4. The highest BCUT2D eigenvalue weighted by Gasteiger charge is 2.08. The second-order valence-corrected chi connectivity index (χ2v) is 6.49. The van der Waals surface area contributed by atoms with Crippen LogP contribution < -0.4 is 0 Å². The SMILES string of the molecule is Cc1cc(C)cc(CC(O)CSc2ccccc2C)c1. The number of rotatable bonds is 5. The lowest BCUT2D eigenvalue weighted by Gasteiger charge is -2.12. The Morgan fingerprint density at radius 1 is 1.00 bits per heavy atom. The number of hydrogen-bond donors (Lipinski definition) is 1. The Labute approximate surface area is 126 Å². The third kappa shape index (κ3) is 4.39. The van der Waals surface area contributed by atoms with Crippen molar-refractivity contribution in [1.82, 2.24) is 0 Å². The summed E-state index contributed by atoms with van der Waals surface area (Å²) in [6, 6.07) is 14.8. The van der Waals surface area contributed by atoms with E-state index in [1.165, 1.54) is 27.1 Å². The second-order valence-electron chi connectivity index (χ2n) is 5.43. The molecule has 2 aromatic carbocycles. The fourth-order valence-corrected chi connectivity index (χ4v) is 3.38. The number of thioether (sulfide) groups is 1. The first-order valence-electron chi connectivity index (χ1n) is 6.98. The van der Waals surface area contributed by atoms with E-state index in [9.17, 15) is 5.11 Å². The lowest BCUT2D eigenvalue weighted by molar-refractivity contribution is 0.200. The Morgan fingerprint density at radius 3 is 2.30 bits per heavy atom. The van der Waals surface area contributed by atoms with E-state index in [0.717, 1.165) is 12.2 Å². The van der Waals surface area contributed by atoms with Crippen LogP contribution in [0.3, 0.4) is 0 Å². The number of aliphatic hydroxyl groups is 1. The van der Waals surface area contributed by atoms with Crippen LogP contribution in [0.25, 0.3) is 0 Å². The molecule has 2 aromatic rings. The summed E-state index contributed by atoms with van der Waals surface area (Å²) in [4.78, 5) is 1.26. The van der Waals surface area contributed by atoms with Crippen LogP contribution in [-0.2, 0) is 6.42 Å². The summed E-state index contributed by atoms with van der Waals surface area (Å²) in [7, 11) is 0. The van der Waals surface area contributed by atoms with Gasteiger partial charge in [-0.3, -0.25) is 0 Å². The van der Waals surface area contributed by atoms with E-state index in [0.29, 0.717) is 0 Å². The van der Waals surface area contributed by atoms with Crippen LogP contribution in [0.15, 0.2) is 47.4 Å². The van der Waals surface area contributed by atoms with Crippen molar-refractivity contribution in [2.45, 2.75) is 38.2 Å². The van der Waals surface area contributed by atoms with Crippen molar-refractivity contribution in [3.05, 3.63) is 64.7 Å². The Morgan fingerprint density at radius 2 is 1.65 bits per heavy atom. The summed E-state index contributed by atoms with van der Waals surface area (Å²) in [6.07, 6.45) is 0.419. The van der Waals surface area contributed by atoms with Crippen molar-refractivity contribution in [3.8, 4) is 0 Å². The molecule has 0 saturated carbocycles. The first kappa shape index (κ1) is 15.1. The smallest absolute Gasteiger partial charge is 0.0674 e. The molecule has 1 N–H and O–H groups in total. The zero-order valence-corrected chi connectivity index (χ0v) is 13.2. The molecule has 0 aliphatic rings. The minimum atomic E-state index is -0.305. The lowest BCUT2D eigenvalue weighted by Crippen LogP contribution is -2.13. The molecular weight excluding hydrogens is 264 g/mol. The summed E-state index contributed by atoms with van der Waals surface area (Å²) in [5.41, 5.74) is 5.02. The molecule has 2 rings (SSSR count). The van der Waals surface area contributed by atoms with Crippen LogP contribution in [0.5, 0.6) is 0 Å². The monoisotopic (exact) mass is 286 g/mol. The van der Waals surface area contributed by atoms with Gasteiger partial charge in [0, 0.05) is 10.6 Å². The average molecular weight is 286 g/mol. The Kier molecular flexibility index (Phi) is 5.27. The van der Waals surface area contributed by atoms with Gasteiger partial charge in [-0.25, -0.2) is 0 Å². The van der Waals surface area contributed by atoms with Crippen LogP contribution in [0.2, 0.25) is 0 Å². The molecule has 0 heterocycles. The van der Waals surface area contributed by atoms with E-state index in [1.807, 2.05) is 12.1 Å². The van der Waals surface area contributed by atoms with Gasteiger partial charge in [-0.1, -0.05) is 47.5 Å². The van der Waals surface area contributed by atoms with Crippen molar-refractivity contribution in [2.24, 2.45) is 0 Å². The maximum Gasteiger partial charge on any atom is 0.0674 e. The van der Waals surface area contributed by atoms with E-state index in [1.54, 1.807) is 11.8 Å². The predicted octanol–water partition coefficient (Wildman–Crippen LogP) is 4.31. The largest absolute Gasteiger partial charge is 0.392 e. The lowest BCUT2D eigenvalue weighted by atomic mass is 10.0. The van der Waals surface area contributed by atoms with Crippen LogP contribution in [0.4, 0.5) is 0 Å². The molecule has 1 atom stereocenters. The summed E-state index contributed by atoms with van der Waals surface area (Å²) in [5, 5.41) is 10.2. The first-order valence-corrected chi connectivity index (χ1v) is 7.97. The highest BCUT2D eigenvalue weighted by Crippen LogP contribution is 2.23. The van der Waals surface area contributed by atoms with Crippen LogP contribution in [0, 0.1) is 20.8 Å². The maximum absolute atomic E-state index is 10.2. The van der Waals surface area contributed by atoms with Crippen LogP contribution in [-0.4, -0.2) is 17.0 Å². The van der Waals surface area contributed by atoms with Crippen molar-refractivity contribution in [3.63, 3.8) is 0 Å². The molecule has 0 bridgehead atoms.